The van der Waals surface area contributed by atoms with E-state index in [1.54, 1.807) is 13.8 Å². The van der Waals surface area contributed by atoms with Crippen molar-refractivity contribution in [1.29, 1.82) is 0 Å². The van der Waals surface area contributed by atoms with E-state index < -0.39 is 15.4 Å². The number of aromatic nitrogens is 3. The van der Waals surface area contributed by atoms with E-state index in [1.807, 2.05) is 6.92 Å². The number of hydrogen-bond donors (Lipinski definition) is 0. The molecular formula is C10H16FN3O2S. The van der Waals surface area contributed by atoms with E-state index in [1.165, 1.54) is 4.57 Å². The van der Waals surface area contributed by atoms with Gasteiger partial charge in [-0.1, -0.05) is 10.8 Å². The second-order valence-electron chi connectivity index (χ2n) is 4.87. The molecule has 7 heteroatoms. The maximum absolute atomic E-state index is 13.1. The summed E-state index contributed by atoms with van der Waals surface area (Å²) in [5.41, 5.74) is 0. The van der Waals surface area contributed by atoms with E-state index in [0.717, 1.165) is 12.8 Å². The first-order valence-corrected chi connectivity index (χ1v) is 7.10. The lowest BCUT2D eigenvalue weighted by Crippen LogP contribution is -2.14. The Morgan fingerprint density at radius 1 is 1.29 bits per heavy atom. The van der Waals surface area contributed by atoms with Crippen molar-refractivity contribution < 1.29 is 12.3 Å². The van der Waals surface area contributed by atoms with Crippen molar-refractivity contribution in [1.82, 2.24) is 14.8 Å². The highest BCUT2D eigenvalue weighted by atomic mass is 32.3. The predicted molar refractivity (Wildman–Crippen MR) is 59.8 cm³/mol. The van der Waals surface area contributed by atoms with Crippen molar-refractivity contribution in [3.8, 4) is 0 Å². The Balaban J connectivity index is 2.50. The van der Waals surface area contributed by atoms with Crippen LogP contribution in [0, 0.1) is 5.92 Å². The van der Waals surface area contributed by atoms with Crippen LogP contribution in [0.2, 0.25) is 0 Å². The fraction of sp³-hybridized carbons (Fsp3) is 0.800. The van der Waals surface area contributed by atoms with Gasteiger partial charge in [0.25, 0.3) is 5.16 Å². The monoisotopic (exact) mass is 261 g/mol. The molecule has 1 aromatic heterocycles. The molecule has 0 amide bonds. The molecule has 1 atom stereocenters. The van der Waals surface area contributed by atoms with Crippen LogP contribution in [0.1, 0.15) is 51.4 Å². The zero-order valence-corrected chi connectivity index (χ0v) is 10.9. The van der Waals surface area contributed by atoms with E-state index >= 15 is 0 Å². The highest BCUT2D eigenvalue weighted by Crippen LogP contribution is 2.42. The largest absolute Gasteiger partial charge is 0.368 e. The van der Waals surface area contributed by atoms with Gasteiger partial charge in [-0.25, -0.2) is 0 Å². The van der Waals surface area contributed by atoms with Crippen LogP contribution in [-0.2, 0) is 10.2 Å². The Kier molecular flexibility index (Phi) is 2.97. The summed E-state index contributed by atoms with van der Waals surface area (Å²) in [6, 6.07) is -0.179. The number of nitrogens with zero attached hydrogens (tertiary/aromatic N) is 3. The Morgan fingerprint density at radius 2 is 1.88 bits per heavy atom. The highest BCUT2D eigenvalue weighted by Gasteiger charge is 2.35. The van der Waals surface area contributed by atoms with Gasteiger partial charge in [0.1, 0.15) is 5.82 Å². The summed E-state index contributed by atoms with van der Waals surface area (Å²) in [5, 5.41) is 6.77. The normalized spacial score (nSPS) is 18.6. The van der Waals surface area contributed by atoms with Crippen molar-refractivity contribution in [2.45, 2.75) is 50.7 Å². The lowest BCUT2D eigenvalue weighted by molar-refractivity contribution is 0.465. The van der Waals surface area contributed by atoms with Crippen molar-refractivity contribution in [2.75, 3.05) is 0 Å². The van der Waals surface area contributed by atoms with Gasteiger partial charge in [-0.2, -0.15) is 8.42 Å². The SMILES string of the molecule is CC(c1nnc(S(=O)(=O)F)n1C(C)C)C1CC1. The molecule has 0 saturated heterocycles. The second kappa shape index (κ2) is 4.04. The van der Waals surface area contributed by atoms with Gasteiger partial charge in [0.05, 0.1) is 0 Å². The number of halogens is 1. The topological polar surface area (TPSA) is 64.8 Å². The van der Waals surface area contributed by atoms with Crippen LogP contribution >= 0.6 is 0 Å². The Morgan fingerprint density at radius 3 is 2.29 bits per heavy atom. The molecule has 1 unspecified atom stereocenters. The average Bonchev–Trinajstić information content (AvgIpc) is 2.92. The summed E-state index contributed by atoms with van der Waals surface area (Å²) in [5.74, 6) is 1.21. The van der Waals surface area contributed by atoms with Gasteiger partial charge in [0.15, 0.2) is 0 Å². The second-order valence-corrected chi connectivity index (χ2v) is 6.11. The van der Waals surface area contributed by atoms with Crippen LogP contribution in [0.5, 0.6) is 0 Å². The first kappa shape index (κ1) is 12.5. The molecule has 17 heavy (non-hydrogen) atoms. The van der Waals surface area contributed by atoms with Gasteiger partial charge in [-0.15, -0.1) is 10.2 Å². The summed E-state index contributed by atoms with van der Waals surface area (Å²) in [7, 11) is -4.81. The molecule has 1 aliphatic carbocycles. The molecule has 1 heterocycles. The molecule has 0 bridgehead atoms. The van der Waals surface area contributed by atoms with Crippen molar-refractivity contribution in [3.05, 3.63) is 5.82 Å². The first-order chi connectivity index (χ1) is 7.82. The van der Waals surface area contributed by atoms with Crippen molar-refractivity contribution in [2.24, 2.45) is 5.92 Å². The maximum Gasteiger partial charge on any atom is 0.368 e. The van der Waals surface area contributed by atoms with E-state index in [4.69, 9.17) is 0 Å². The molecule has 1 saturated carbocycles. The average molecular weight is 261 g/mol. The zero-order valence-electron chi connectivity index (χ0n) is 10.1. The molecule has 96 valence electrons. The zero-order chi connectivity index (χ0) is 12.8. The summed E-state index contributed by atoms with van der Waals surface area (Å²) < 4.78 is 36.5. The van der Waals surface area contributed by atoms with Gasteiger partial charge in [-0.05, 0) is 32.6 Å². The Hall–Kier alpha value is -0.980. The van der Waals surface area contributed by atoms with Gasteiger partial charge >= 0.3 is 10.2 Å². The standard InChI is InChI=1S/C10H16FN3O2S/c1-6(2)14-9(7(3)8-4-5-8)12-13-10(14)17(11,15)16/h6-8H,4-5H2,1-3H3. The van der Waals surface area contributed by atoms with Crippen LogP contribution in [-0.4, -0.2) is 23.2 Å². The number of hydrogen-bond acceptors (Lipinski definition) is 4. The summed E-state index contributed by atoms with van der Waals surface area (Å²) in [6.45, 7) is 5.57. The third-order valence-electron chi connectivity index (χ3n) is 3.16. The van der Waals surface area contributed by atoms with Gasteiger partial charge in [0.2, 0.25) is 0 Å². The van der Waals surface area contributed by atoms with Gasteiger partial charge in [0, 0.05) is 12.0 Å². The fourth-order valence-electron chi connectivity index (χ4n) is 2.06. The quantitative estimate of drug-likeness (QED) is 0.778. The molecule has 1 aliphatic rings. The Labute approximate surface area is 100 Å². The van der Waals surface area contributed by atoms with Gasteiger partial charge in [-0.3, -0.25) is 4.57 Å². The van der Waals surface area contributed by atoms with Crippen LogP contribution in [0.15, 0.2) is 5.16 Å². The summed E-state index contributed by atoms with van der Waals surface area (Å²) in [4.78, 5) is 0. The van der Waals surface area contributed by atoms with Crippen LogP contribution < -0.4 is 0 Å². The van der Waals surface area contributed by atoms with E-state index in [-0.39, 0.29) is 12.0 Å². The summed E-state index contributed by atoms with van der Waals surface area (Å²) in [6.07, 6.45) is 2.23. The fourth-order valence-corrected chi connectivity index (χ4v) is 2.74. The summed E-state index contributed by atoms with van der Waals surface area (Å²) >= 11 is 0. The predicted octanol–water partition coefficient (Wildman–Crippen LogP) is 2.03. The lowest BCUT2D eigenvalue weighted by atomic mass is 10.1. The minimum absolute atomic E-state index is 0.125. The maximum atomic E-state index is 13.1. The first-order valence-electron chi connectivity index (χ1n) is 5.71. The van der Waals surface area contributed by atoms with Gasteiger partial charge < -0.3 is 0 Å². The molecule has 0 spiro atoms. The van der Waals surface area contributed by atoms with Crippen molar-refractivity contribution >= 4 is 10.2 Å². The minimum Gasteiger partial charge on any atom is -0.297 e. The molecule has 0 N–H and O–H groups in total. The van der Waals surface area contributed by atoms with Crippen LogP contribution in [0.25, 0.3) is 0 Å². The van der Waals surface area contributed by atoms with Crippen LogP contribution in [0.4, 0.5) is 3.89 Å². The molecule has 1 aromatic rings. The third-order valence-corrected chi connectivity index (χ3v) is 3.88. The smallest absolute Gasteiger partial charge is 0.297 e. The molecular weight excluding hydrogens is 245 g/mol. The number of rotatable bonds is 4. The van der Waals surface area contributed by atoms with E-state index in [0.29, 0.717) is 11.7 Å². The Bertz CT molecular complexity index is 520. The third kappa shape index (κ3) is 2.34. The molecule has 0 aliphatic heterocycles. The van der Waals surface area contributed by atoms with E-state index in [2.05, 4.69) is 10.2 Å². The van der Waals surface area contributed by atoms with Crippen molar-refractivity contribution in [3.63, 3.8) is 0 Å². The highest BCUT2D eigenvalue weighted by molar-refractivity contribution is 7.86. The molecule has 2 rings (SSSR count). The van der Waals surface area contributed by atoms with Crippen LogP contribution in [0.3, 0.4) is 0 Å². The molecule has 5 nitrogen and oxygen atoms in total. The van der Waals surface area contributed by atoms with E-state index in [9.17, 15) is 12.3 Å². The lowest BCUT2D eigenvalue weighted by Gasteiger charge is -2.16. The molecule has 1 fully saturated rings. The minimum atomic E-state index is -4.81. The molecule has 0 radical (unpaired) electrons. The molecule has 0 aromatic carbocycles.